The Labute approximate surface area is 160 Å². The van der Waals surface area contributed by atoms with Crippen LogP contribution in [-0.4, -0.2) is 14.1 Å². The van der Waals surface area contributed by atoms with Gasteiger partial charge in [0.15, 0.2) is 0 Å². The normalized spacial score (nSPS) is 6.71. The molecule has 1 nitrogen and oxygen atoms in total. The van der Waals surface area contributed by atoms with Crippen LogP contribution >= 0.6 is 0 Å². The Kier molecular flexibility index (Phi) is 30.4. The van der Waals surface area contributed by atoms with Crippen LogP contribution in [0.25, 0.3) is 0 Å². The summed E-state index contributed by atoms with van der Waals surface area (Å²) < 4.78 is 0. The number of rotatable bonds is 1. The summed E-state index contributed by atoms with van der Waals surface area (Å²) in [4.78, 5) is 2.16. The predicted octanol–water partition coefficient (Wildman–Crippen LogP) is 2.12. The van der Waals surface area contributed by atoms with E-state index in [2.05, 4.69) is 51.0 Å². The zero-order chi connectivity index (χ0) is 10.4. The standard InChI is InChI=1S/C10H15N.C2H6.2CH4.CH3.Rb/c1-8-6-5-7-9(2)10(8)11(3)4;1-2;;;;/h5-7H,1-4H3;1-2H3;2*1H4;1H3;/q;;;;-1;+1. The number of benzene rings is 1. The van der Waals surface area contributed by atoms with Crippen LogP contribution in [0.2, 0.25) is 0 Å². The summed E-state index contributed by atoms with van der Waals surface area (Å²) in [6.45, 7) is 8.28. The summed E-state index contributed by atoms with van der Waals surface area (Å²) in [7, 11) is 4.16. The average molecular weight is 312 g/mol. The van der Waals surface area contributed by atoms with Crippen LogP contribution in [0.4, 0.5) is 5.69 Å². The van der Waals surface area contributed by atoms with Crippen molar-refractivity contribution >= 4 is 5.69 Å². The van der Waals surface area contributed by atoms with Crippen LogP contribution in [0.5, 0.6) is 0 Å². The van der Waals surface area contributed by atoms with Gasteiger partial charge in [-0.25, -0.2) is 0 Å². The zero-order valence-corrected chi connectivity index (χ0v) is 16.6. The van der Waals surface area contributed by atoms with Crippen LogP contribution in [0, 0.1) is 21.3 Å². The van der Waals surface area contributed by atoms with E-state index in [1.54, 1.807) is 0 Å². The molecule has 0 bridgehead atoms. The van der Waals surface area contributed by atoms with Crippen LogP contribution in [0.3, 0.4) is 0 Å². The van der Waals surface area contributed by atoms with Gasteiger partial charge in [-0.2, -0.15) is 0 Å². The van der Waals surface area contributed by atoms with Gasteiger partial charge in [0.1, 0.15) is 0 Å². The summed E-state index contributed by atoms with van der Waals surface area (Å²) in [5, 5.41) is 0. The second-order valence-corrected chi connectivity index (χ2v) is 3.13. The fourth-order valence-electron chi connectivity index (χ4n) is 1.51. The van der Waals surface area contributed by atoms with Crippen molar-refractivity contribution in [2.24, 2.45) is 0 Å². The maximum Gasteiger partial charge on any atom is 1.00 e. The first-order valence-corrected chi connectivity index (χ1v) is 4.86. The van der Waals surface area contributed by atoms with E-state index in [0.717, 1.165) is 0 Å². The maximum atomic E-state index is 2.16. The predicted molar refractivity (Wildman–Crippen MR) is 81.5 cm³/mol. The van der Waals surface area contributed by atoms with Gasteiger partial charge in [-0.05, 0) is 25.0 Å². The Morgan fingerprint density at radius 1 is 0.882 bits per heavy atom. The topological polar surface area (TPSA) is 3.24 Å². The molecule has 1 rings (SSSR count). The zero-order valence-electron chi connectivity index (χ0n) is 11.7. The summed E-state index contributed by atoms with van der Waals surface area (Å²) in [6, 6.07) is 6.38. The van der Waals surface area contributed by atoms with Gasteiger partial charge in [-0.1, -0.05) is 46.9 Å². The molecule has 0 N–H and O–H groups in total. The van der Waals surface area contributed by atoms with Crippen molar-refractivity contribution < 1.29 is 58.2 Å². The van der Waals surface area contributed by atoms with E-state index in [-0.39, 0.29) is 80.5 Å². The van der Waals surface area contributed by atoms with Crippen LogP contribution in [0.15, 0.2) is 18.2 Å². The van der Waals surface area contributed by atoms with Crippen molar-refractivity contribution in [1.82, 2.24) is 0 Å². The third kappa shape index (κ3) is 10.4. The van der Waals surface area contributed by atoms with Crippen molar-refractivity contribution in [3.8, 4) is 0 Å². The van der Waals surface area contributed by atoms with Crippen molar-refractivity contribution in [2.75, 3.05) is 19.0 Å². The molecule has 98 valence electrons. The minimum Gasteiger partial charge on any atom is -0.377 e. The molecule has 1 aromatic carbocycles. The van der Waals surface area contributed by atoms with Gasteiger partial charge in [0.25, 0.3) is 0 Å². The monoisotopic (exact) mass is 311 g/mol. The molecular weight excluding hydrogens is 280 g/mol. The smallest absolute Gasteiger partial charge is 0.377 e. The molecular formula is C15H32NRb. The minimum atomic E-state index is 0. The van der Waals surface area contributed by atoms with Crippen molar-refractivity contribution in [2.45, 2.75) is 42.5 Å². The van der Waals surface area contributed by atoms with Gasteiger partial charge in [0.05, 0.1) is 0 Å². The minimum absolute atomic E-state index is 0. The van der Waals surface area contributed by atoms with Gasteiger partial charge in [0, 0.05) is 19.8 Å². The molecule has 0 fully saturated rings. The summed E-state index contributed by atoms with van der Waals surface area (Å²) in [5.41, 5.74) is 4.03. The number of aryl methyl sites for hydroxylation is 2. The van der Waals surface area contributed by atoms with Gasteiger partial charge in [-0.15, -0.1) is 0 Å². The van der Waals surface area contributed by atoms with Gasteiger partial charge in [0.2, 0.25) is 0 Å². The molecule has 0 amide bonds. The van der Waals surface area contributed by atoms with Gasteiger partial charge < -0.3 is 12.3 Å². The van der Waals surface area contributed by atoms with E-state index in [4.69, 9.17) is 0 Å². The molecule has 0 heterocycles. The number of hydrogen-bond acceptors (Lipinski definition) is 1. The largest absolute Gasteiger partial charge is 1.00 e. The van der Waals surface area contributed by atoms with E-state index in [9.17, 15) is 0 Å². The number of anilines is 1. The van der Waals surface area contributed by atoms with E-state index < -0.39 is 0 Å². The maximum absolute atomic E-state index is 2.16. The van der Waals surface area contributed by atoms with E-state index in [0.29, 0.717) is 0 Å². The van der Waals surface area contributed by atoms with Crippen molar-refractivity contribution in [3.05, 3.63) is 36.8 Å². The quantitative estimate of drug-likeness (QED) is 0.718. The van der Waals surface area contributed by atoms with Crippen molar-refractivity contribution in [3.63, 3.8) is 0 Å². The first-order valence-electron chi connectivity index (χ1n) is 4.86. The van der Waals surface area contributed by atoms with Crippen LogP contribution in [-0.2, 0) is 0 Å². The Balaban J connectivity index is -0.0000000760. The first kappa shape index (κ1) is 30.7. The summed E-state index contributed by atoms with van der Waals surface area (Å²) >= 11 is 0. The molecule has 0 spiro atoms. The molecule has 17 heavy (non-hydrogen) atoms. The Hall–Kier alpha value is 0.825. The molecule has 0 saturated carbocycles. The fraction of sp³-hybridized carbons (Fsp3) is 0.533. The van der Waals surface area contributed by atoms with E-state index in [1.807, 2.05) is 13.8 Å². The van der Waals surface area contributed by atoms with Gasteiger partial charge >= 0.3 is 58.2 Å². The molecule has 0 radical (unpaired) electrons. The second kappa shape index (κ2) is 16.8. The molecule has 2 heteroatoms. The molecule has 0 aliphatic carbocycles. The average Bonchev–Trinajstić information content (AvgIpc) is 2.07. The van der Waals surface area contributed by atoms with Crippen LogP contribution in [0.1, 0.15) is 39.8 Å². The van der Waals surface area contributed by atoms with Gasteiger partial charge in [-0.3, -0.25) is 0 Å². The molecule has 0 aromatic heterocycles. The van der Waals surface area contributed by atoms with Crippen LogP contribution < -0.4 is 63.1 Å². The molecule has 0 aliphatic rings. The Morgan fingerprint density at radius 2 is 1.18 bits per heavy atom. The summed E-state index contributed by atoms with van der Waals surface area (Å²) in [6.07, 6.45) is 0. The van der Waals surface area contributed by atoms with E-state index in [1.165, 1.54) is 16.8 Å². The molecule has 0 atom stereocenters. The van der Waals surface area contributed by atoms with E-state index >= 15 is 0 Å². The molecule has 0 aliphatic heterocycles. The molecule has 0 unspecified atom stereocenters. The third-order valence-electron chi connectivity index (χ3n) is 1.89. The number of para-hydroxylation sites is 1. The van der Waals surface area contributed by atoms with Crippen molar-refractivity contribution in [1.29, 1.82) is 0 Å². The number of hydrogen-bond donors (Lipinski definition) is 0. The third-order valence-corrected chi connectivity index (χ3v) is 1.89. The second-order valence-electron chi connectivity index (χ2n) is 3.13. The Bertz CT molecular complexity index is 237. The number of nitrogens with zero attached hydrogens (tertiary/aromatic N) is 1. The molecule has 1 aromatic rings. The fourth-order valence-corrected chi connectivity index (χ4v) is 1.51. The molecule has 0 saturated heterocycles. The SMILES string of the molecule is C.C.CC.Cc1cccc(C)c1N(C)C.[CH3-].[Rb+]. The summed E-state index contributed by atoms with van der Waals surface area (Å²) in [5.74, 6) is 0. The first-order chi connectivity index (χ1) is 6.13. The Morgan fingerprint density at radius 3 is 1.35 bits per heavy atom.